The Morgan fingerprint density at radius 3 is 2.79 bits per heavy atom. The van der Waals surface area contributed by atoms with Crippen molar-refractivity contribution in [2.45, 2.75) is 51.6 Å². The number of likely N-dealkylation sites (tertiary alicyclic amines) is 1. The van der Waals surface area contributed by atoms with Crippen LogP contribution in [0.4, 0.5) is 0 Å². The van der Waals surface area contributed by atoms with Crippen molar-refractivity contribution >= 4 is 5.91 Å². The number of unbranched alkanes of at least 4 members (excludes halogenated alkanes) is 1. The zero-order valence-corrected chi connectivity index (χ0v) is 15.1. The molecular weight excluding hydrogens is 300 g/mol. The van der Waals surface area contributed by atoms with Crippen LogP contribution in [0.1, 0.15) is 51.5 Å². The lowest BCUT2D eigenvalue weighted by Gasteiger charge is -2.30. The molecule has 0 aliphatic carbocycles. The van der Waals surface area contributed by atoms with Crippen LogP contribution >= 0.6 is 0 Å². The average molecular weight is 332 g/mol. The molecule has 0 aromatic heterocycles. The number of carbonyl (C=O) groups is 1. The summed E-state index contributed by atoms with van der Waals surface area (Å²) in [5, 5.41) is 13.4. The van der Waals surface area contributed by atoms with Crippen molar-refractivity contribution in [1.82, 2.24) is 10.2 Å². The van der Waals surface area contributed by atoms with Gasteiger partial charge in [0.05, 0.1) is 12.0 Å². The highest BCUT2D eigenvalue weighted by molar-refractivity contribution is 5.77. The molecule has 2 atom stereocenters. The molecule has 1 saturated heterocycles. The molecule has 2 N–H and O–H groups in total. The summed E-state index contributed by atoms with van der Waals surface area (Å²) < 4.78 is 0. The number of rotatable bonds is 8. The number of piperidine rings is 1. The first-order chi connectivity index (χ1) is 11.5. The first-order valence-corrected chi connectivity index (χ1v) is 9.24. The molecule has 1 aromatic rings. The Morgan fingerprint density at radius 1 is 1.33 bits per heavy atom. The Morgan fingerprint density at radius 2 is 2.08 bits per heavy atom. The topological polar surface area (TPSA) is 52.6 Å². The monoisotopic (exact) mass is 332 g/mol. The van der Waals surface area contributed by atoms with E-state index < -0.39 is 5.60 Å². The molecule has 4 nitrogen and oxygen atoms in total. The fraction of sp³-hybridized carbons (Fsp3) is 0.650. The highest BCUT2D eigenvalue weighted by Crippen LogP contribution is 2.23. The van der Waals surface area contributed by atoms with Crippen LogP contribution in [0.2, 0.25) is 0 Å². The Labute approximate surface area is 146 Å². The number of hydrogen-bond donors (Lipinski definition) is 2. The molecule has 1 fully saturated rings. The maximum atomic E-state index is 12.1. The van der Waals surface area contributed by atoms with E-state index in [1.807, 2.05) is 30.3 Å². The van der Waals surface area contributed by atoms with Gasteiger partial charge in [0.1, 0.15) is 0 Å². The lowest BCUT2D eigenvalue weighted by atomic mass is 9.92. The van der Waals surface area contributed by atoms with Gasteiger partial charge in [-0.2, -0.15) is 0 Å². The average Bonchev–Trinajstić information content (AvgIpc) is 2.55. The van der Waals surface area contributed by atoms with Gasteiger partial charge in [-0.05, 0) is 57.2 Å². The van der Waals surface area contributed by atoms with Gasteiger partial charge in [0.15, 0.2) is 0 Å². The minimum Gasteiger partial charge on any atom is -0.385 e. The van der Waals surface area contributed by atoms with E-state index in [1.165, 1.54) is 25.9 Å². The van der Waals surface area contributed by atoms with Gasteiger partial charge < -0.3 is 15.3 Å². The van der Waals surface area contributed by atoms with Gasteiger partial charge in [-0.3, -0.25) is 4.79 Å². The highest BCUT2D eigenvalue weighted by Gasteiger charge is 2.26. The predicted molar refractivity (Wildman–Crippen MR) is 97.7 cm³/mol. The van der Waals surface area contributed by atoms with E-state index in [1.54, 1.807) is 6.92 Å². The van der Waals surface area contributed by atoms with E-state index in [-0.39, 0.29) is 12.3 Å². The molecule has 134 valence electrons. The van der Waals surface area contributed by atoms with E-state index in [0.717, 1.165) is 30.9 Å². The maximum Gasteiger partial charge on any atom is 0.223 e. The Hall–Kier alpha value is -1.39. The van der Waals surface area contributed by atoms with Crippen LogP contribution in [-0.2, 0) is 10.4 Å². The third kappa shape index (κ3) is 6.25. The molecule has 1 aliphatic rings. The number of amides is 1. The molecule has 0 radical (unpaired) electrons. The summed E-state index contributed by atoms with van der Waals surface area (Å²) in [5.74, 6) is 0.731. The fourth-order valence-corrected chi connectivity index (χ4v) is 3.45. The van der Waals surface area contributed by atoms with Crippen LogP contribution in [0.25, 0.3) is 0 Å². The molecule has 0 saturated carbocycles. The van der Waals surface area contributed by atoms with Crippen molar-refractivity contribution in [2.75, 3.05) is 26.2 Å². The molecule has 1 heterocycles. The third-order valence-electron chi connectivity index (χ3n) is 4.86. The van der Waals surface area contributed by atoms with Gasteiger partial charge in [0.25, 0.3) is 0 Å². The minimum atomic E-state index is -1.12. The number of carbonyl (C=O) groups excluding carboxylic acids is 1. The van der Waals surface area contributed by atoms with Crippen molar-refractivity contribution in [2.24, 2.45) is 5.92 Å². The van der Waals surface area contributed by atoms with E-state index in [9.17, 15) is 9.90 Å². The van der Waals surface area contributed by atoms with Crippen LogP contribution in [0.15, 0.2) is 30.3 Å². The second kappa shape index (κ2) is 9.19. The first-order valence-electron chi connectivity index (χ1n) is 9.24. The molecule has 24 heavy (non-hydrogen) atoms. The van der Waals surface area contributed by atoms with Gasteiger partial charge in [0, 0.05) is 13.1 Å². The largest absolute Gasteiger partial charge is 0.385 e. The molecule has 2 unspecified atom stereocenters. The maximum absolute atomic E-state index is 12.1. The quantitative estimate of drug-likeness (QED) is 0.720. The van der Waals surface area contributed by atoms with E-state index >= 15 is 0 Å². The summed E-state index contributed by atoms with van der Waals surface area (Å²) in [6, 6.07) is 9.37. The second-order valence-corrected chi connectivity index (χ2v) is 7.42. The fourth-order valence-electron chi connectivity index (χ4n) is 3.45. The summed E-state index contributed by atoms with van der Waals surface area (Å²) in [5.41, 5.74) is -0.339. The van der Waals surface area contributed by atoms with E-state index in [0.29, 0.717) is 6.54 Å². The van der Waals surface area contributed by atoms with E-state index in [4.69, 9.17) is 0 Å². The predicted octanol–water partition coefficient (Wildman–Crippen LogP) is 2.91. The second-order valence-electron chi connectivity index (χ2n) is 7.42. The number of aliphatic hydroxyl groups is 1. The van der Waals surface area contributed by atoms with Crippen molar-refractivity contribution in [3.8, 4) is 0 Å². The Balaban J connectivity index is 1.61. The molecular formula is C20H32N2O2. The summed E-state index contributed by atoms with van der Waals surface area (Å²) in [6.07, 6.45) is 4.87. The van der Waals surface area contributed by atoms with Gasteiger partial charge in [-0.1, -0.05) is 37.3 Å². The van der Waals surface area contributed by atoms with Gasteiger partial charge in [-0.15, -0.1) is 0 Å². The number of nitrogens with one attached hydrogen (secondary N) is 1. The van der Waals surface area contributed by atoms with Gasteiger partial charge in [0.2, 0.25) is 5.91 Å². The first kappa shape index (κ1) is 18.9. The van der Waals surface area contributed by atoms with Crippen molar-refractivity contribution in [3.63, 3.8) is 0 Å². The van der Waals surface area contributed by atoms with Crippen LogP contribution in [0, 0.1) is 5.92 Å². The van der Waals surface area contributed by atoms with Gasteiger partial charge >= 0.3 is 0 Å². The summed E-state index contributed by atoms with van der Waals surface area (Å²) in [4.78, 5) is 14.6. The molecule has 4 heteroatoms. The third-order valence-corrected chi connectivity index (χ3v) is 4.86. The normalized spacial score (nSPS) is 21.2. The summed E-state index contributed by atoms with van der Waals surface area (Å²) in [7, 11) is 0. The molecule has 1 aliphatic heterocycles. The van der Waals surface area contributed by atoms with Crippen LogP contribution in [0.3, 0.4) is 0 Å². The van der Waals surface area contributed by atoms with Crippen molar-refractivity contribution in [1.29, 1.82) is 0 Å². The lowest BCUT2D eigenvalue weighted by Crippen LogP contribution is -2.36. The molecule has 1 amide bonds. The molecule has 0 spiro atoms. The Bertz CT molecular complexity index is 502. The molecule has 0 bridgehead atoms. The lowest BCUT2D eigenvalue weighted by molar-refractivity contribution is -0.125. The molecule has 1 aromatic carbocycles. The van der Waals surface area contributed by atoms with Gasteiger partial charge in [-0.25, -0.2) is 0 Å². The van der Waals surface area contributed by atoms with Crippen LogP contribution in [0.5, 0.6) is 0 Å². The Kier molecular flexibility index (Phi) is 7.25. The number of hydrogen-bond acceptors (Lipinski definition) is 3. The smallest absolute Gasteiger partial charge is 0.223 e. The summed E-state index contributed by atoms with van der Waals surface area (Å²) >= 11 is 0. The van der Waals surface area contributed by atoms with Crippen molar-refractivity contribution in [3.05, 3.63) is 35.9 Å². The zero-order valence-electron chi connectivity index (χ0n) is 15.1. The standard InChI is InChI=1S/C20H32N2O2/c1-17-9-8-14-22(16-17)13-7-6-12-21-19(23)15-20(2,24)18-10-4-3-5-11-18/h3-5,10-11,17,24H,6-9,12-16H2,1-2H3,(H,21,23). The number of benzene rings is 1. The minimum absolute atomic E-state index is 0.0875. The van der Waals surface area contributed by atoms with Crippen LogP contribution < -0.4 is 5.32 Å². The molecule has 2 rings (SSSR count). The van der Waals surface area contributed by atoms with Crippen molar-refractivity contribution < 1.29 is 9.90 Å². The van der Waals surface area contributed by atoms with E-state index in [2.05, 4.69) is 17.1 Å². The number of nitrogens with zero attached hydrogens (tertiary/aromatic N) is 1. The summed E-state index contributed by atoms with van der Waals surface area (Å²) in [6.45, 7) is 8.27. The SMILES string of the molecule is CC1CCCN(CCCCNC(=O)CC(C)(O)c2ccccc2)C1. The zero-order chi connectivity index (χ0) is 17.4. The highest BCUT2D eigenvalue weighted by atomic mass is 16.3. The van der Waals surface area contributed by atoms with Crippen LogP contribution in [-0.4, -0.2) is 42.1 Å².